The lowest BCUT2D eigenvalue weighted by molar-refractivity contribution is -0.133. The van der Waals surface area contributed by atoms with Crippen LogP contribution in [0.15, 0.2) is 164 Å². The smallest absolute Gasteiger partial charge is 0.343 e. The maximum atomic E-state index is 14.0. The van der Waals surface area contributed by atoms with Gasteiger partial charge in [-0.15, -0.1) is 11.8 Å². The molecule has 7 heterocycles. The van der Waals surface area contributed by atoms with Crippen LogP contribution < -0.4 is 20.4 Å². The van der Waals surface area contributed by atoms with Gasteiger partial charge in [0.15, 0.2) is 5.78 Å². The van der Waals surface area contributed by atoms with Gasteiger partial charge in [-0.25, -0.2) is 4.79 Å². The van der Waals surface area contributed by atoms with Gasteiger partial charge in [-0.2, -0.15) is 22.7 Å². The minimum atomic E-state index is -0.976. The summed E-state index contributed by atoms with van der Waals surface area (Å²) in [6.45, 7) is 6.11. The summed E-state index contributed by atoms with van der Waals surface area (Å²) < 4.78 is 17.0. The van der Waals surface area contributed by atoms with E-state index < -0.39 is 22.3 Å². The zero-order chi connectivity index (χ0) is 52.8. The standard InChI is InChI=1S/C31H25Cl2N3O4S2.C25H22Cl2N2O3S2/c32-23-3-6-25(33)27(17-23)42-28-26(40-30(38)20-7-10-34-11-8-20)18-31(35-29(28)37,22-9-16-41-19-22)21-1-4-24(5-2-21)36-12-14-39-15-13-36;26-18-3-6-20(27)22(13-18)34-23-21(30)14-25(28-24(23)31,17-7-12-33-15-17)16-1-4-19(5-2-16)29-8-10-32-11-9-29/h1-11,16-17,19H,12-15,18H2,(H,35,37);1-7,12-13,15,23H,8-11,14H2,(H,28,31). The molecule has 3 unspecified atom stereocenters. The first-order valence-corrected chi connectivity index (χ1v) is 29.2. The summed E-state index contributed by atoms with van der Waals surface area (Å²) in [5.41, 5.74) is 4.17. The minimum Gasteiger partial charge on any atom is -0.426 e. The number of morpholine rings is 2. The van der Waals surface area contributed by atoms with Crippen molar-refractivity contribution in [1.82, 2.24) is 15.6 Å². The van der Waals surface area contributed by atoms with Crippen molar-refractivity contribution in [3.8, 4) is 0 Å². The van der Waals surface area contributed by atoms with Crippen LogP contribution in [0, 0.1) is 0 Å². The molecule has 4 aliphatic rings. The van der Waals surface area contributed by atoms with E-state index in [0.29, 0.717) is 61.9 Å². The quantitative estimate of drug-likeness (QED) is 0.0889. The topological polar surface area (TPSA) is 139 Å². The number of hydrogen-bond donors (Lipinski definition) is 2. The molecule has 11 rings (SSSR count). The van der Waals surface area contributed by atoms with Crippen LogP contribution in [0.25, 0.3) is 0 Å². The van der Waals surface area contributed by atoms with E-state index in [1.54, 1.807) is 48.5 Å². The fourth-order valence-corrected chi connectivity index (χ4v) is 13.9. The van der Waals surface area contributed by atoms with Gasteiger partial charge in [-0.1, -0.05) is 82.4 Å². The fraction of sp³-hybridized carbons (Fsp3) is 0.232. The number of benzene rings is 4. The Morgan fingerprint density at radius 1 is 0.632 bits per heavy atom. The normalized spacial score (nSPS) is 20.8. The number of amides is 2. The number of anilines is 2. The third kappa shape index (κ3) is 11.9. The lowest BCUT2D eigenvalue weighted by Gasteiger charge is -2.40. The zero-order valence-electron chi connectivity index (χ0n) is 40.3. The molecular formula is C56H47Cl4N5O7S4. The molecule has 0 radical (unpaired) electrons. The molecule has 7 aromatic rings. The average Bonchev–Trinajstić information content (AvgIpc) is 4.23. The van der Waals surface area contributed by atoms with Crippen molar-refractivity contribution in [2.75, 3.05) is 62.4 Å². The van der Waals surface area contributed by atoms with Crippen molar-refractivity contribution in [2.24, 2.45) is 0 Å². The summed E-state index contributed by atoms with van der Waals surface area (Å²) in [6, 6.07) is 33.4. The van der Waals surface area contributed by atoms with Crippen LogP contribution in [0.2, 0.25) is 20.1 Å². The number of carbonyl (C=O) groups excluding carboxylic acids is 4. The van der Waals surface area contributed by atoms with Crippen LogP contribution in [0.3, 0.4) is 0 Å². The van der Waals surface area contributed by atoms with E-state index in [1.807, 2.05) is 57.9 Å². The first-order valence-electron chi connectivity index (χ1n) is 24.1. The molecule has 3 aromatic heterocycles. The molecule has 3 saturated heterocycles. The van der Waals surface area contributed by atoms with Crippen LogP contribution in [0.5, 0.6) is 0 Å². The molecule has 3 atom stereocenters. The summed E-state index contributed by atoms with van der Waals surface area (Å²) >= 11 is 30.4. The molecule has 12 nitrogen and oxygen atoms in total. The van der Waals surface area contributed by atoms with E-state index in [2.05, 4.69) is 49.7 Å². The lowest BCUT2D eigenvalue weighted by Crippen LogP contribution is -2.57. The van der Waals surface area contributed by atoms with Crippen molar-refractivity contribution in [3.05, 3.63) is 202 Å². The maximum Gasteiger partial charge on any atom is 0.343 e. The highest BCUT2D eigenvalue weighted by atomic mass is 35.5. The molecule has 2 amide bonds. The SMILES string of the molecule is O=C1CC(c2ccc(N3CCOCC3)cc2)(c2ccsc2)NC(=O)C1Sc1cc(Cl)ccc1Cl.O=C1NC(c2ccc(N3CCOCC3)cc2)(c2ccsc2)CC(OC(=O)c2ccncc2)=C1Sc1cc(Cl)ccc1Cl. The van der Waals surface area contributed by atoms with Crippen LogP contribution in [0.1, 0.15) is 45.5 Å². The Kier molecular flexibility index (Phi) is 17.1. The summed E-state index contributed by atoms with van der Waals surface area (Å²) in [5, 5.41) is 15.4. The van der Waals surface area contributed by atoms with E-state index in [0.717, 1.165) is 83.3 Å². The number of ketones is 1. The zero-order valence-corrected chi connectivity index (χ0v) is 46.6. The first kappa shape index (κ1) is 54.0. The predicted molar refractivity (Wildman–Crippen MR) is 305 cm³/mol. The molecule has 0 aliphatic carbocycles. The molecule has 3 fully saturated rings. The number of halogens is 4. The van der Waals surface area contributed by atoms with Crippen molar-refractivity contribution in [1.29, 1.82) is 0 Å². The monoisotopic (exact) mass is 1170 g/mol. The third-order valence-electron chi connectivity index (χ3n) is 13.4. The van der Waals surface area contributed by atoms with Crippen LogP contribution in [0.4, 0.5) is 11.4 Å². The Morgan fingerprint density at radius 2 is 1.14 bits per heavy atom. The number of nitrogens with one attached hydrogen (secondary N) is 2. The van der Waals surface area contributed by atoms with E-state index >= 15 is 0 Å². The maximum absolute atomic E-state index is 14.0. The van der Waals surface area contributed by atoms with Crippen molar-refractivity contribution >= 4 is 128 Å². The molecular weight excluding hydrogens is 1120 g/mol. The molecule has 0 spiro atoms. The van der Waals surface area contributed by atoms with E-state index in [4.69, 9.17) is 60.6 Å². The van der Waals surface area contributed by atoms with Gasteiger partial charge in [0.2, 0.25) is 5.91 Å². The molecule has 2 N–H and O–H groups in total. The Labute approximate surface area is 476 Å². The fourth-order valence-electron chi connectivity index (χ4n) is 9.49. The van der Waals surface area contributed by atoms with Crippen LogP contribution in [-0.2, 0) is 39.7 Å². The van der Waals surface area contributed by atoms with Gasteiger partial charge in [0.05, 0.1) is 53.1 Å². The van der Waals surface area contributed by atoms with Crippen molar-refractivity contribution < 1.29 is 33.4 Å². The molecule has 0 saturated carbocycles. The lowest BCUT2D eigenvalue weighted by atomic mass is 9.77. The van der Waals surface area contributed by atoms with Crippen molar-refractivity contribution in [2.45, 2.75) is 39.0 Å². The largest absolute Gasteiger partial charge is 0.426 e. The highest BCUT2D eigenvalue weighted by molar-refractivity contribution is 8.04. The van der Waals surface area contributed by atoms with E-state index in [9.17, 15) is 19.2 Å². The van der Waals surface area contributed by atoms with Crippen LogP contribution in [-0.4, -0.2) is 86.4 Å². The second kappa shape index (κ2) is 24.1. The van der Waals surface area contributed by atoms with Gasteiger partial charge in [-0.3, -0.25) is 19.4 Å². The van der Waals surface area contributed by atoms with Gasteiger partial charge in [0.25, 0.3) is 5.91 Å². The van der Waals surface area contributed by atoms with Crippen LogP contribution >= 0.6 is 92.6 Å². The van der Waals surface area contributed by atoms with Gasteiger partial charge in [-0.05, 0) is 129 Å². The number of Topliss-reactive ketones (excluding diaryl/α,β-unsaturated/α-hetero) is 1. The number of pyridine rings is 1. The second-order valence-corrected chi connectivity index (χ2v) is 23.5. The number of ether oxygens (including phenoxy) is 3. The van der Waals surface area contributed by atoms with Gasteiger partial charge in [0, 0.05) is 82.6 Å². The predicted octanol–water partition coefficient (Wildman–Crippen LogP) is 12.3. The summed E-state index contributed by atoms with van der Waals surface area (Å²) in [5.74, 6) is -1.21. The Morgan fingerprint density at radius 3 is 1.66 bits per heavy atom. The highest BCUT2D eigenvalue weighted by Gasteiger charge is 2.48. The number of rotatable bonds is 12. The summed E-state index contributed by atoms with van der Waals surface area (Å²) in [4.78, 5) is 64.1. The molecule has 4 aliphatic heterocycles. The number of esters is 1. The van der Waals surface area contributed by atoms with E-state index in [-0.39, 0.29) is 41.1 Å². The molecule has 390 valence electrons. The number of carbonyl (C=O) groups is 4. The van der Waals surface area contributed by atoms with Gasteiger partial charge < -0.3 is 34.6 Å². The molecule has 20 heteroatoms. The minimum absolute atomic E-state index is 0.145. The number of thioether (sulfide) groups is 2. The number of thiophene rings is 2. The Bertz CT molecular complexity index is 3230. The molecule has 0 bridgehead atoms. The van der Waals surface area contributed by atoms with Gasteiger partial charge in [0.1, 0.15) is 15.9 Å². The Balaban J connectivity index is 0.000000177. The number of nitrogens with zero attached hydrogens (tertiary/aromatic N) is 3. The molecule has 4 aromatic carbocycles. The van der Waals surface area contributed by atoms with Gasteiger partial charge >= 0.3 is 5.97 Å². The number of hydrogen-bond acceptors (Lipinski definition) is 14. The second-order valence-electron chi connectivity index (χ2n) is 18.0. The van der Waals surface area contributed by atoms with Crippen molar-refractivity contribution in [3.63, 3.8) is 0 Å². The highest BCUT2D eigenvalue weighted by Crippen LogP contribution is 2.47. The Hall–Kier alpha value is -5.37. The number of piperidine rings is 1. The first-order chi connectivity index (χ1) is 36.9. The number of aromatic nitrogens is 1. The summed E-state index contributed by atoms with van der Waals surface area (Å²) in [7, 11) is 0. The van der Waals surface area contributed by atoms with E-state index in [1.165, 1.54) is 35.1 Å². The summed E-state index contributed by atoms with van der Waals surface area (Å²) in [6.07, 6.45) is 3.39. The average molecular weight is 1170 g/mol. The third-order valence-corrected chi connectivity index (χ3v) is 18.6. The molecule has 76 heavy (non-hydrogen) atoms.